The zero-order valence-corrected chi connectivity index (χ0v) is 24.2. The molecule has 36 heavy (non-hydrogen) atoms. The first-order valence-electron chi connectivity index (χ1n) is 9.18. The van der Waals surface area contributed by atoms with Crippen LogP contribution in [0.25, 0.3) is 0 Å². The van der Waals surface area contributed by atoms with Gasteiger partial charge in [0.05, 0.1) is 12.2 Å². The first kappa shape index (κ1) is 30.4. The van der Waals surface area contributed by atoms with Crippen LogP contribution in [-0.4, -0.2) is 92.7 Å². The fraction of sp³-hybridized carbons (Fsp3) is 0.467. The molecule has 0 saturated carbocycles. The Labute approximate surface area is 249 Å². The number of nitrogens with one attached hydrogen (secondary N) is 1. The van der Waals surface area contributed by atoms with Crippen LogP contribution in [0.3, 0.4) is 0 Å². The molecular weight excluding hydrogens is 550 g/mol. The number of esters is 1. The number of fused-ring (bicyclic) bond motifs is 3. The minimum Gasteiger partial charge on any atom is -0.544 e. The number of oxime groups is 1. The number of sulfone groups is 1. The number of carbonyl (C=O) groups is 5. The molecule has 2 amide bonds. The number of carbonyl (C=O) groups excluding carboxylic acids is 4. The molecule has 3 saturated heterocycles. The minimum atomic E-state index is -4.25. The zero-order valence-electron chi connectivity index (χ0n) is 18.6. The summed E-state index contributed by atoms with van der Waals surface area (Å²) in [6.07, 6.45) is -0.560. The Balaban J connectivity index is 0.00000228. The topological polar surface area (TPSA) is 261 Å². The summed E-state index contributed by atoms with van der Waals surface area (Å²) in [7, 11) is -4.25. The smallest absolute Gasteiger partial charge is 0.544 e. The molecule has 4 rings (SSSR count). The van der Waals surface area contributed by atoms with E-state index < -0.39 is 92.9 Å². The Kier molecular flexibility index (Phi) is 9.15. The quantitative estimate of drug-likeness (QED) is 0.0915. The van der Waals surface area contributed by atoms with Crippen molar-refractivity contribution >= 4 is 61.9 Å². The number of aliphatic carboxylic acids is 2. The molecule has 4 heterocycles. The molecule has 182 valence electrons. The van der Waals surface area contributed by atoms with E-state index in [1.807, 2.05) is 0 Å². The van der Waals surface area contributed by atoms with Crippen molar-refractivity contribution in [2.24, 2.45) is 11.1 Å². The Bertz CT molecular complexity index is 1270. The van der Waals surface area contributed by atoms with E-state index in [9.17, 15) is 37.5 Å². The predicted octanol–water partition coefficient (Wildman–Crippen LogP) is -11.0. The summed E-state index contributed by atoms with van der Waals surface area (Å²) >= 11 is 0.653. The van der Waals surface area contributed by atoms with Crippen LogP contribution in [0.5, 0.6) is 0 Å². The number of amides is 2. The van der Waals surface area contributed by atoms with Crippen molar-refractivity contribution in [1.82, 2.24) is 19.6 Å². The van der Waals surface area contributed by atoms with Gasteiger partial charge in [-0.15, -0.1) is 0 Å². The molecule has 0 bridgehead atoms. The second-order valence-electron chi connectivity index (χ2n) is 7.30. The number of β-lactam (4-membered cyclic amide) rings is 1. The van der Waals surface area contributed by atoms with Crippen LogP contribution in [0.1, 0.15) is 12.2 Å². The van der Waals surface area contributed by atoms with Gasteiger partial charge in [-0.2, -0.15) is 9.36 Å². The predicted molar refractivity (Wildman–Crippen MR) is 103 cm³/mol. The van der Waals surface area contributed by atoms with Crippen molar-refractivity contribution in [2.45, 2.75) is 23.6 Å². The Morgan fingerprint density at radius 1 is 1.36 bits per heavy atom. The number of anilines is 1. The van der Waals surface area contributed by atoms with Crippen molar-refractivity contribution in [3.05, 3.63) is 5.82 Å². The summed E-state index contributed by atoms with van der Waals surface area (Å²) in [6.45, 7) is -0.954. The van der Waals surface area contributed by atoms with Gasteiger partial charge >= 0.3 is 71.1 Å². The average Bonchev–Trinajstić information content (AvgIpc) is 3.29. The van der Waals surface area contributed by atoms with Crippen molar-refractivity contribution in [2.75, 3.05) is 18.1 Å². The number of nitrogens with zero attached hydrogens (tertiary/aromatic N) is 4. The van der Waals surface area contributed by atoms with E-state index in [2.05, 4.69) is 24.7 Å². The summed E-state index contributed by atoms with van der Waals surface area (Å²) < 4.78 is 34.2. The van der Waals surface area contributed by atoms with Gasteiger partial charge in [0.25, 0.3) is 11.8 Å². The maximum Gasteiger partial charge on any atom is 1.00 e. The fourth-order valence-corrected chi connectivity index (χ4v) is 6.65. The van der Waals surface area contributed by atoms with E-state index in [1.54, 1.807) is 0 Å². The number of ether oxygens (including phenoxy) is 1. The van der Waals surface area contributed by atoms with E-state index in [1.165, 1.54) is 0 Å². The second-order valence-corrected chi connectivity index (χ2v) is 10.2. The number of carboxylic acid groups (broad SMARTS) is 2. The van der Waals surface area contributed by atoms with E-state index in [0.717, 1.165) is 0 Å². The third-order valence-corrected chi connectivity index (χ3v) is 7.86. The Hall–Kier alpha value is -1.87. The monoisotopic (exact) mass is 563 g/mol. The molecule has 3 aliphatic heterocycles. The van der Waals surface area contributed by atoms with Gasteiger partial charge in [0.1, 0.15) is 12.0 Å². The number of nitrogen functional groups attached to an aromatic ring is 1. The molecule has 3 aliphatic rings. The van der Waals surface area contributed by atoms with Gasteiger partial charge in [-0.25, -0.2) is 13.2 Å². The van der Waals surface area contributed by atoms with Crippen LogP contribution >= 0.6 is 11.5 Å². The van der Waals surface area contributed by atoms with E-state index in [-0.39, 0.29) is 64.2 Å². The summed E-state index contributed by atoms with van der Waals surface area (Å²) in [5.74, 6) is -9.48. The molecule has 21 heteroatoms. The maximum absolute atomic E-state index is 12.8. The molecule has 0 aliphatic carbocycles. The largest absolute Gasteiger partial charge is 1.00 e. The zero-order chi connectivity index (χ0) is 25.0. The van der Waals surface area contributed by atoms with Crippen LogP contribution in [0.2, 0.25) is 0 Å². The summed E-state index contributed by atoms with van der Waals surface area (Å²) in [4.78, 5) is 68.5. The Morgan fingerprint density at radius 2 is 2.03 bits per heavy atom. The second kappa shape index (κ2) is 10.9. The third kappa shape index (κ3) is 4.97. The van der Waals surface area contributed by atoms with Crippen LogP contribution in [0, 0.1) is 5.92 Å². The van der Waals surface area contributed by atoms with Crippen molar-refractivity contribution < 1.29 is 111 Å². The van der Waals surface area contributed by atoms with Crippen LogP contribution in [-0.2, 0) is 43.4 Å². The number of hydrogen-bond acceptors (Lipinski definition) is 15. The van der Waals surface area contributed by atoms with Gasteiger partial charge in [-0.05, 0) is 0 Å². The van der Waals surface area contributed by atoms with Crippen LogP contribution < -0.4 is 75.3 Å². The number of carboxylic acids is 2. The SMILES string of the molecule is Nc1nc(/C(=N/OCC(=O)O)C(=O)N[C@@H]2C(=O)N3[C@@H]2S(=O)(=O)C[C@@H]2CC(=O)O[C@@]23C(=O)[O-])ns1.[Na+].[Na+]. The van der Waals surface area contributed by atoms with Crippen LogP contribution in [0.4, 0.5) is 5.13 Å². The Morgan fingerprint density at radius 3 is 2.58 bits per heavy atom. The summed E-state index contributed by atoms with van der Waals surface area (Å²) in [5.41, 5.74) is 2.11. The maximum atomic E-state index is 12.8. The van der Waals surface area contributed by atoms with Gasteiger partial charge in [-0.3, -0.25) is 19.3 Å². The normalized spacial score (nSPS) is 27.7. The molecule has 0 aromatic carbocycles. The van der Waals surface area contributed by atoms with E-state index in [4.69, 9.17) is 15.6 Å². The molecule has 0 spiro atoms. The van der Waals surface area contributed by atoms with Crippen molar-refractivity contribution in [1.29, 1.82) is 0 Å². The molecule has 0 radical (unpaired) electrons. The van der Waals surface area contributed by atoms with Gasteiger partial charge in [-0.1, -0.05) is 5.16 Å². The molecular formula is C15H13N6Na2O11S2+. The van der Waals surface area contributed by atoms with Gasteiger partial charge in [0.15, 0.2) is 20.3 Å². The molecule has 1 aromatic rings. The van der Waals surface area contributed by atoms with Gasteiger partial charge in [0.2, 0.25) is 23.9 Å². The molecule has 1 aromatic heterocycles. The molecule has 17 nitrogen and oxygen atoms in total. The third-order valence-electron chi connectivity index (χ3n) is 5.23. The average molecular weight is 563 g/mol. The number of rotatable bonds is 7. The van der Waals surface area contributed by atoms with Crippen molar-refractivity contribution in [3.8, 4) is 0 Å². The first-order valence-corrected chi connectivity index (χ1v) is 11.7. The van der Waals surface area contributed by atoms with Gasteiger partial charge in [0, 0.05) is 17.5 Å². The molecule has 3 fully saturated rings. The van der Waals surface area contributed by atoms with E-state index >= 15 is 0 Å². The number of hydrogen-bond donors (Lipinski definition) is 3. The first-order chi connectivity index (χ1) is 15.9. The standard InChI is InChI=1S/C15H14N6O11S2.2Na/c16-14-18-9(20-33-14)7(19-31-2-5(22)23)10(25)17-8-11(26)21-12(8)34(29,30)3-4-1-6(24)32-15(4,21)13(27)28;;/h4,8,12H,1-3H2,(H,17,25)(H,22,23)(H,27,28)(H2,16,18,20);;/q;2*+1/p-1/b19-7-;;/t4-,8+,12+,15+;;/m0../s1. The molecule has 4 atom stereocenters. The molecule has 0 unspecified atom stereocenters. The molecule has 4 N–H and O–H groups in total. The fourth-order valence-electron chi connectivity index (χ4n) is 3.94. The van der Waals surface area contributed by atoms with Crippen LogP contribution in [0.15, 0.2) is 5.16 Å². The summed E-state index contributed by atoms with van der Waals surface area (Å²) in [6, 6.07) is -1.80. The van der Waals surface area contributed by atoms with Gasteiger partial charge < -0.3 is 35.6 Å². The van der Waals surface area contributed by atoms with Crippen molar-refractivity contribution in [3.63, 3.8) is 0 Å². The minimum absolute atomic E-state index is 0. The number of aromatic nitrogens is 2. The number of nitrogens with two attached hydrogens (primary N) is 1. The summed E-state index contributed by atoms with van der Waals surface area (Å²) in [5, 5.41) is 24.0. The van der Waals surface area contributed by atoms with E-state index in [0.29, 0.717) is 16.4 Å².